The van der Waals surface area contributed by atoms with Gasteiger partial charge in [-0.15, -0.1) is 0 Å². The van der Waals surface area contributed by atoms with Crippen LogP contribution in [0.1, 0.15) is 19.3 Å². The molecule has 1 aromatic rings. The first-order valence-electron chi connectivity index (χ1n) is 7.22. The molecule has 1 atom stereocenters. The van der Waals surface area contributed by atoms with E-state index in [2.05, 4.69) is 10.6 Å². The molecule has 21 heavy (non-hydrogen) atoms. The van der Waals surface area contributed by atoms with E-state index in [0.29, 0.717) is 12.3 Å². The van der Waals surface area contributed by atoms with Crippen LogP contribution < -0.4 is 15.8 Å². The summed E-state index contributed by atoms with van der Waals surface area (Å²) in [5.41, 5.74) is 0.499. The maximum atomic E-state index is 11.6. The number of hydrogen-bond donors (Lipinski definition) is 3. The molecule has 0 saturated carbocycles. The number of benzene rings is 1. The lowest BCUT2D eigenvalue weighted by Gasteiger charge is -2.32. The number of rotatable bonds is 3. The molecule has 0 aliphatic carbocycles. The molecular formula is C14H21N3O3S. The van der Waals surface area contributed by atoms with E-state index in [0.717, 1.165) is 32.4 Å². The molecule has 4 N–H and O–H groups in total. The largest absolute Gasteiger partial charge is 0.379 e. The third-order valence-corrected chi connectivity index (χ3v) is 5.25. The fraction of sp³-hybridized carbons (Fsp3) is 0.571. The minimum Gasteiger partial charge on any atom is -0.379 e. The van der Waals surface area contributed by atoms with Crippen LogP contribution in [0.15, 0.2) is 29.2 Å². The summed E-state index contributed by atoms with van der Waals surface area (Å²) >= 11 is 0. The summed E-state index contributed by atoms with van der Waals surface area (Å²) in [5, 5.41) is 11.9. The summed E-state index contributed by atoms with van der Waals surface area (Å²) in [6.45, 7) is 2.54. The second kappa shape index (κ2) is 5.57. The van der Waals surface area contributed by atoms with E-state index in [9.17, 15) is 8.42 Å². The van der Waals surface area contributed by atoms with Gasteiger partial charge in [0.2, 0.25) is 10.0 Å². The molecule has 6 nitrogen and oxygen atoms in total. The zero-order chi connectivity index (χ0) is 14.9. The second-order valence-electron chi connectivity index (χ2n) is 5.83. The van der Waals surface area contributed by atoms with Crippen molar-refractivity contribution >= 4 is 15.7 Å². The van der Waals surface area contributed by atoms with Crippen molar-refractivity contribution in [3.05, 3.63) is 24.3 Å². The zero-order valence-electron chi connectivity index (χ0n) is 11.8. The molecule has 0 amide bonds. The van der Waals surface area contributed by atoms with Gasteiger partial charge >= 0.3 is 0 Å². The van der Waals surface area contributed by atoms with Crippen molar-refractivity contribution in [2.24, 2.45) is 5.14 Å². The van der Waals surface area contributed by atoms with Gasteiger partial charge in [-0.2, -0.15) is 0 Å². The smallest absolute Gasteiger partial charge is 0.240 e. The average molecular weight is 311 g/mol. The Morgan fingerprint density at radius 1 is 1.29 bits per heavy atom. The number of hydrogen-bond acceptors (Lipinski definition) is 5. The van der Waals surface area contributed by atoms with Gasteiger partial charge in [0.1, 0.15) is 4.90 Å². The molecule has 7 heteroatoms. The van der Waals surface area contributed by atoms with E-state index >= 15 is 0 Å². The third-order valence-electron chi connectivity index (χ3n) is 4.28. The SMILES string of the molecule is NS(=O)(=O)c1ccccc1NC1COC2(CCNCC2)C1. The molecule has 1 unspecified atom stereocenters. The van der Waals surface area contributed by atoms with Crippen LogP contribution in [0, 0.1) is 0 Å². The van der Waals surface area contributed by atoms with Gasteiger partial charge in [-0.1, -0.05) is 12.1 Å². The maximum Gasteiger partial charge on any atom is 0.240 e. The number of para-hydroxylation sites is 1. The molecule has 2 aliphatic rings. The molecule has 3 rings (SSSR count). The first kappa shape index (κ1) is 14.8. The van der Waals surface area contributed by atoms with Crippen LogP contribution >= 0.6 is 0 Å². The van der Waals surface area contributed by atoms with Gasteiger partial charge in [-0.05, 0) is 44.5 Å². The zero-order valence-corrected chi connectivity index (χ0v) is 12.7. The van der Waals surface area contributed by atoms with Crippen LogP contribution in [-0.4, -0.2) is 39.8 Å². The molecule has 2 fully saturated rings. The van der Waals surface area contributed by atoms with Crippen molar-refractivity contribution in [2.75, 3.05) is 25.0 Å². The van der Waals surface area contributed by atoms with Gasteiger partial charge in [0.15, 0.2) is 0 Å². The molecule has 0 bridgehead atoms. The molecule has 0 radical (unpaired) electrons. The summed E-state index contributed by atoms with van der Waals surface area (Å²) in [5.74, 6) is 0. The molecule has 1 spiro atoms. The van der Waals surface area contributed by atoms with E-state index < -0.39 is 10.0 Å². The Bertz CT molecular complexity index is 612. The van der Waals surface area contributed by atoms with Gasteiger partial charge in [-0.3, -0.25) is 0 Å². The Kier molecular flexibility index (Phi) is 3.92. The number of piperidine rings is 1. The summed E-state index contributed by atoms with van der Waals surface area (Å²) in [6.07, 6.45) is 2.90. The quantitative estimate of drug-likeness (QED) is 0.762. The summed E-state index contributed by atoms with van der Waals surface area (Å²) in [6, 6.07) is 6.85. The second-order valence-corrected chi connectivity index (χ2v) is 7.36. The lowest BCUT2D eigenvalue weighted by Crippen LogP contribution is -2.41. The van der Waals surface area contributed by atoms with E-state index in [1.54, 1.807) is 18.2 Å². The normalized spacial score (nSPS) is 25.1. The van der Waals surface area contributed by atoms with Gasteiger partial charge < -0.3 is 15.4 Å². The molecule has 116 valence electrons. The fourth-order valence-corrected chi connectivity index (χ4v) is 3.92. The van der Waals surface area contributed by atoms with Gasteiger partial charge in [0, 0.05) is 0 Å². The Labute approximate surface area is 125 Å². The van der Waals surface area contributed by atoms with Crippen molar-refractivity contribution in [3.63, 3.8) is 0 Å². The van der Waals surface area contributed by atoms with E-state index in [4.69, 9.17) is 9.88 Å². The number of anilines is 1. The fourth-order valence-electron chi connectivity index (χ4n) is 3.22. The van der Waals surface area contributed by atoms with Crippen molar-refractivity contribution in [1.82, 2.24) is 5.32 Å². The molecule has 0 aromatic heterocycles. The van der Waals surface area contributed by atoms with E-state index in [1.165, 1.54) is 6.07 Å². The highest BCUT2D eigenvalue weighted by Crippen LogP contribution is 2.35. The van der Waals surface area contributed by atoms with Crippen LogP contribution in [0.5, 0.6) is 0 Å². The van der Waals surface area contributed by atoms with Crippen molar-refractivity contribution in [1.29, 1.82) is 0 Å². The van der Waals surface area contributed by atoms with Crippen LogP contribution in [-0.2, 0) is 14.8 Å². The van der Waals surface area contributed by atoms with Crippen LogP contribution in [0.2, 0.25) is 0 Å². The number of nitrogens with one attached hydrogen (secondary N) is 2. The molecule has 2 heterocycles. The highest BCUT2D eigenvalue weighted by molar-refractivity contribution is 7.89. The third kappa shape index (κ3) is 3.21. The predicted molar refractivity (Wildman–Crippen MR) is 80.6 cm³/mol. The number of nitrogens with two attached hydrogens (primary N) is 1. The Balaban J connectivity index is 1.74. The van der Waals surface area contributed by atoms with Gasteiger partial charge in [0.25, 0.3) is 0 Å². The first-order chi connectivity index (χ1) is 9.99. The number of sulfonamides is 1. The number of primary sulfonamides is 1. The summed E-state index contributed by atoms with van der Waals surface area (Å²) < 4.78 is 29.3. The number of ether oxygens (including phenoxy) is 1. The summed E-state index contributed by atoms with van der Waals surface area (Å²) in [4.78, 5) is 0.135. The minimum atomic E-state index is -3.72. The van der Waals surface area contributed by atoms with Crippen LogP contribution in [0.4, 0.5) is 5.69 Å². The monoisotopic (exact) mass is 311 g/mol. The Hall–Kier alpha value is -1.15. The molecule has 2 aliphatic heterocycles. The molecule has 1 aromatic carbocycles. The van der Waals surface area contributed by atoms with Crippen molar-refractivity contribution in [2.45, 2.75) is 35.8 Å². The highest BCUT2D eigenvalue weighted by atomic mass is 32.2. The summed E-state index contributed by atoms with van der Waals surface area (Å²) in [7, 11) is -3.72. The predicted octanol–water partition coefficient (Wildman–Crippen LogP) is 0.657. The van der Waals surface area contributed by atoms with Crippen LogP contribution in [0.25, 0.3) is 0 Å². The minimum absolute atomic E-state index is 0.0561. The lowest BCUT2D eigenvalue weighted by atomic mass is 9.88. The standard InChI is InChI=1S/C14H21N3O3S/c15-21(18,19)13-4-2-1-3-12(13)17-11-9-14(20-10-11)5-7-16-8-6-14/h1-4,11,16-17H,5-10H2,(H2,15,18,19). The molecular weight excluding hydrogens is 290 g/mol. The maximum absolute atomic E-state index is 11.6. The first-order valence-corrected chi connectivity index (χ1v) is 8.76. The Morgan fingerprint density at radius 2 is 2.00 bits per heavy atom. The van der Waals surface area contributed by atoms with Gasteiger partial charge in [-0.25, -0.2) is 13.6 Å². The van der Waals surface area contributed by atoms with Crippen molar-refractivity contribution in [3.8, 4) is 0 Å². The lowest BCUT2D eigenvalue weighted by molar-refractivity contribution is -0.0192. The Morgan fingerprint density at radius 3 is 2.71 bits per heavy atom. The van der Waals surface area contributed by atoms with Crippen molar-refractivity contribution < 1.29 is 13.2 Å². The highest BCUT2D eigenvalue weighted by Gasteiger charge is 2.41. The van der Waals surface area contributed by atoms with Crippen LogP contribution in [0.3, 0.4) is 0 Å². The van der Waals surface area contributed by atoms with E-state index in [1.807, 2.05) is 0 Å². The average Bonchev–Trinajstić information content (AvgIpc) is 2.81. The topological polar surface area (TPSA) is 93.5 Å². The van der Waals surface area contributed by atoms with Gasteiger partial charge in [0.05, 0.1) is 23.9 Å². The molecule has 2 saturated heterocycles. The van der Waals surface area contributed by atoms with E-state index in [-0.39, 0.29) is 16.5 Å².